The Morgan fingerprint density at radius 3 is 3.16 bits per heavy atom. The molecule has 19 heavy (non-hydrogen) atoms. The predicted octanol–water partition coefficient (Wildman–Crippen LogP) is 1.79. The van der Waals surface area contributed by atoms with E-state index in [1.54, 1.807) is 6.20 Å². The number of aromatic nitrogens is 1. The average Bonchev–Trinajstić information content (AvgIpc) is 2.39. The van der Waals surface area contributed by atoms with Crippen LogP contribution in [0.1, 0.15) is 37.8 Å². The highest BCUT2D eigenvalue weighted by atomic mass is 16.3. The lowest BCUT2D eigenvalue weighted by Crippen LogP contribution is -2.53. The van der Waals surface area contributed by atoms with Gasteiger partial charge in [0.15, 0.2) is 0 Å². The quantitative estimate of drug-likeness (QED) is 0.852. The van der Waals surface area contributed by atoms with Gasteiger partial charge in [0.1, 0.15) is 0 Å². The molecule has 0 amide bonds. The third kappa shape index (κ3) is 2.74. The summed E-state index contributed by atoms with van der Waals surface area (Å²) in [4.78, 5) is 6.78. The minimum Gasteiger partial charge on any atom is -0.399 e. The first-order valence-electron chi connectivity index (χ1n) is 7.31. The van der Waals surface area contributed by atoms with Gasteiger partial charge in [-0.2, -0.15) is 0 Å². The van der Waals surface area contributed by atoms with Crippen molar-refractivity contribution >= 4 is 5.69 Å². The topological polar surface area (TPSA) is 62.4 Å². The number of nitrogens with zero attached hydrogens (tertiary/aromatic N) is 2. The second-order valence-corrected chi connectivity index (χ2v) is 6.11. The van der Waals surface area contributed by atoms with E-state index >= 15 is 0 Å². The maximum absolute atomic E-state index is 10.7. The fourth-order valence-corrected chi connectivity index (χ4v) is 3.60. The molecule has 0 aromatic carbocycles. The Morgan fingerprint density at radius 2 is 2.32 bits per heavy atom. The number of likely N-dealkylation sites (tertiary alicyclic amines) is 1. The first-order valence-corrected chi connectivity index (χ1v) is 7.31. The van der Waals surface area contributed by atoms with Gasteiger partial charge in [0.05, 0.1) is 11.3 Å². The molecular weight excluding hydrogens is 238 g/mol. The van der Waals surface area contributed by atoms with Crippen molar-refractivity contribution in [3.63, 3.8) is 0 Å². The third-order valence-electron chi connectivity index (χ3n) is 4.74. The van der Waals surface area contributed by atoms with Crippen LogP contribution in [0.2, 0.25) is 0 Å². The summed E-state index contributed by atoms with van der Waals surface area (Å²) >= 11 is 0. The average molecular weight is 261 g/mol. The molecule has 1 aromatic heterocycles. The molecule has 0 radical (unpaired) electrons. The van der Waals surface area contributed by atoms with Gasteiger partial charge >= 0.3 is 0 Å². The van der Waals surface area contributed by atoms with E-state index in [-0.39, 0.29) is 0 Å². The molecule has 3 N–H and O–H groups in total. The largest absolute Gasteiger partial charge is 0.399 e. The van der Waals surface area contributed by atoms with Crippen LogP contribution in [0.3, 0.4) is 0 Å². The maximum Gasteiger partial charge on any atom is 0.0700 e. The van der Waals surface area contributed by atoms with E-state index in [0.717, 1.165) is 50.3 Å². The lowest BCUT2D eigenvalue weighted by molar-refractivity contribution is -0.0969. The molecule has 1 saturated heterocycles. The second-order valence-electron chi connectivity index (χ2n) is 6.11. The van der Waals surface area contributed by atoms with Crippen molar-refractivity contribution in [2.45, 2.75) is 44.2 Å². The Bertz CT molecular complexity index is 451. The molecule has 2 fully saturated rings. The van der Waals surface area contributed by atoms with Crippen LogP contribution in [-0.2, 0) is 6.54 Å². The Morgan fingerprint density at radius 1 is 1.42 bits per heavy atom. The number of rotatable bonds is 2. The van der Waals surface area contributed by atoms with Crippen LogP contribution in [0.4, 0.5) is 5.69 Å². The molecule has 4 nitrogen and oxygen atoms in total. The fourth-order valence-electron chi connectivity index (χ4n) is 3.60. The first kappa shape index (κ1) is 12.9. The molecule has 1 saturated carbocycles. The second kappa shape index (κ2) is 5.10. The number of nitrogen functional groups attached to an aromatic ring is 1. The minimum absolute atomic E-state index is 0.391. The van der Waals surface area contributed by atoms with Gasteiger partial charge in [0, 0.05) is 37.4 Å². The molecule has 2 atom stereocenters. The number of aliphatic hydroxyl groups is 1. The van der Waals surface area contributed by atoms with Crippen LogP contribution in [-0.4, -0.2) is 33.7 Å². The van der Waals surface area contributed by atoms with E-state index in [4.69, 9.17) is 5.73 Å². The number of nitrogens with two attached hydrogens (primary N) is 1. The number of fused-ring (bicyclic) bond motifs is 1. The van der Waals surface area contributed by atoms with Crippen molar-refractivity contribution in [2.24, 2.45) is 5.92 Å². The van der Waals surface area contributed by atoms with Crippen molar-refractivity contribution in [3.8, 4) is 0 Å². The highest BCUT2D eigenvalue weighted by Gasteiger charge is 2.42. The molecule has 1 aliphatic heterocycles. The zero-order valence-corrected chi connectivity index (χ0v) is 11.4. The third-order valence-corrected chi connectivity index (χ3v) is 4.74. The Hall–Kier alpha value is -1.13. The Kier molecular flexibility index (Phi) is 3.46. The van der Waals surface area contributed by atoms with Crippen LogP contribution in [0.25, 0.3) is 0 Å². The van der Waals surface area contributed by atoms with E-state index in [0.29, 0.717) is 5.92 Å². The van der Waals surface area contributed by atoms with Crippen LogP contribution < -0.4 is 5.73 Å². The van der Waals surface area contributed by atoms with E-state index in [2.05, 4.69) is 9.88 Å². The van der Waals surface area contributed by atoms with Crippen molar-refractivity contribution in [2.75, 3.05) is 18.8 Å². The summed E-state index contributed by atoms with van der Waals surface area (Å²) in [6.07, 6.45) is 7.27. The molecule has 2 unspecified atom stereocenters. The van der Waals surface area contributed by atoms with Crippen LogP contribution >= 0.6 is 0 Å². The van der Waals surface area contributed by atoms with Gasteiger partial charge in [-0.15, -0.1) is 0 Å². The Labute approximate surface area is 114 Å². The van der Waals surface area contributed by atoms with Gasteiger partial charge in [0.25, 0.3) is 0 Å². The summed E-state index contributed by atoms with van der Waals surface area (Å²) in [6, 6.07) is 3.77. The normalized spacial score (nSPS) is 31.9. The summed E-state index contributed by atoms with van der Waals surface area (Å²) in [5.74, 6) is 0.441. The molecule has 3 rings (SSSR count). The van der Waals surface area contributed by atoms with E-state index in [1.165, 1.54) is 12.8 Å². The molecule has 104 valence electrons. The molecule has 4 heteroatoms. The van der Waals surface area contributed by atoms with Crippen LogP contribution in [0.5, 0.6) is 0 Å². The summed E-state index contributed by atoms with van der Waals surface area (Å²) in [7, 11) is 0. The van der Waals surface area contributed by atoms with Gasteiger partial charge < -0.3 is 10.8 Å². The SMILES string of the molecule is Nc1ccnc(CN2CCC3(O)CCCCC3C2)c1. The zero-order chi connectivity index (χ0) is 13.3. The molecule has 1 aromatic rings. The lowest BCUT2D eigenvalue weighted by Gasteiger charge is -2.47. The molecular formula is C15H23N3O. The summed E-state index contributed by atoms with van der Waals surface area (Å²) in [5, 5.41) is 10.7. The van der Waals surface area contributed by atoms with Crippen molar-refractivity contribution in [1.29, 1.82) is 0 Å². The fraction of sp³-hybridized carbons (Fsp3) is 0.667. The molecule has 2 aliphatic rings. The molecule has 0 spiro atoms. The number of pyridine rings is 1. The van der Waals surface area contributed by atoms with Crippen LogP contribution in [0, 0.1) is 5.92 Å². The Balaban J connectivity index is 1.65. The van der Waals surface area contributed by atoms with E-state index in [1.807, 2.05) is 12.1 Å². The first-order chi connectivity index (χ1) is 9.16. The highest BCUT2D eigenvalue weighted by Crippen LogP contribution is 2.39. The van der Waals surface area contributed by atoms with Crippen LogP contribution in [0.15, 0.2) is 18.3 Å². The van der Waals surface area contributed by atoms with Gasteiger partial charge in [-0.05, 0) is 31.4 Å². The number of piperidine rings is 1. The number of anilines is 1. The van der Waals surface area contributed by atoms with Gasteiger partial charge in [-0.25, -0.2) is 0 Å². The van der Waals surface area contributed by atoms with Gasteiger partial charge in [0.2, 0.25) is 0 Å². The molecule has 0 bridgehead atoms. The summed E-state index contributed by atoms with van der Waals surface area (Å²) < 4.78 is 0. The lowest BCUT2D eigenvalue weighted by atomic mass is 9.71. The zero-order valence-electron chi connectivity index (χ0n) is 11.4. The minimum atomic E-state index is -0.391. The van der Waals surface area contributed by atoms with E-state index in [9.17, 15) is 5.11 Å². The number of hydrogen-bond acceptors (Lipinski definition) is 4. The summed E-state index contributed by atoms with van der Waals surface area (Å²) in [5.41, 5.74) is 7.20. The predicted molar refractivity (Wildman–Crippen MR) is 75.5 cm³/mol. The van der Waals surface area contributed by atoms with E-state index < -0.39 is 5.60 Å². The van der Waals surface area contributed by atoms with Gasteiger partial charge in [-0.1, -0.05) is 12.8 Å². The molecule has 1 aliphatic carbocycles. The monoisotopic (exact) mass is 261 g/mol. The van der Waals surface area contributed by atoms with Crippen molar-refractivity contribution in [1.82, 2.24) is 9.88 Å². The highest BCUT2D eigenvalue weighted by molar-refractivity contribution is 5.37. The van der Waals surface area contributed by atoms with Crippen molar-refractivity contribution < 1.29 is 5.11 Å². The standard InChI is InChI=1S/C15H23N3O/c16-13-4-7-17-14(9-13)11-18-8-6-15(19)5-2-1-3-12(15)10-18/h4,7,9,12,19H,1-3,5-6,8,10-11H2,(H2,16,17). The maximum atomic E-state index is 10.7. The number of hydrogen-bond donors (Lipinski definition) is 2. The molecule has 2 heterocycles. The smallest absolute Gasteiger partial charge is 0.0700 e. The summed E-state index contributed by atoms with van der Waals surface area (Å²) in [6.45, 7) is 2.80. The van der Waals surface area contributed by atoms with Gasteiger partial charge in [-0.3, -0.25) is 9.88 Å². The van der Waals surface area contributed by atoms with Crippen molar-refractivity contribution in [3.05, 3.63) is 24.0 Å².